The predicted octanol–water partition coefficient (Wildman–Crippen LogP) is 0.541. The van der Waals surface area contributed by atoms with E-state index < -0.39 is 24.3 Å². The first-order valence-corrected chi connectivity index (χ1v) is 7.22. The number of hydrogen-bond donors (Lipinski definition) is 3. The molecule has 0 spiro atoms. The van der Waals surface area contributed by atoms with Crippen LogP contribution >= 0.6 is 0 Å². The van der Waals surface area contributed by atoms with Crippen LogP contribution in [0, 0.1) is 5.41 Å². The third-order valence-electron chi connectivity index (χ3n) is 3.14. The fourth-order valence-electron chi connectivity index (χ4n) is 1.99. The van der Waals surface area contributed by atoms with E-state index in [4.69, 9.17) is 5.41 Å². The second-order valence-corrected chi connectivity index (χ2v) is 4.81. The highest BCUT2D eigenvalue weighted by Gasteiger charge is 2.21. The summed E-state index contributed by atoms with van der Waals surface area (Å²) in [7, 11) is 0. The fraction of sp³-hybridized carbons (Fsp3) is 0.286. The standard InChI is InChI=1S/C14H16F2N8O/c1-18-11(17)13(25)20-8-7-19-10(9-5-3-2-4-6-9)12-21-23-24(22-12)14(15)16/h2-6,10,14,17,19H,1,7-8H2,(H,20,25). The summed E-state index contributed by atoms with van der Waals surface area (Å²) in [4.78, 5) is 14.9. The number of carbonyl (C=O) groups excluding carboxylic acids is 1. The van der Waals surface area contributed by atoms with Crippen molar-refractivity contribution in [2.24, 2.45) is 4.99 Å². The van der Waals surface area contributed by atoms with Crippen LogP contribution in [-0.2, 0) is 4.79 Å². The molecule has 0 saturated carbocycles. The topological polar surface area (TPSA) is 121 Å². The van der Waals surface area contributed by atoms with Crippen LogP contribution in [-0.4, -0.2) is 51.8 Å². The van der Waals surface area contributed by atoms with Crippen LogP contribution in [0.4, 0.5) is 8.78 Å². The summed E-state index contributed by atoms with van der Waals surface area (Å²) in [6.07, 6.45) is 0. The van der Waals surface area contributed by atoms with E-state index in [0.29, 0.717) is 0 Å². The average molecular weight is 350 g/mol. The number of nitrogens with zero attached hydrogens (tertiary/aromatic N) is 5. The zero-order valence-corrected chi connectivity index (χ0v) is 13.1. The molecule has 25 heavy (non-hydrogen) atoms. The van der Waals surface area contributed by atoms with Crippen molar-refractivity contribution in [2.75, 3.05) is 13.1 Å². The van der Waals surface area contributed by atoms with Gasteiger partial charge in [-0.1, -0.05) is 35.1 Å². The van der Waals surface area contributed by atoms with E-state index in [2.05, 4.69) is 37.8 Å². The predicted molar refractivity (Wildman–Crippen MR) is 85.6 cm³/mol. The molecule has 0 aliphatic heterocycles. The van der Waals surface area contributed by atoms with Gasteiger partial charge >= 0.3 is 6.55 Å². The normalized spacial score (nSPS) is 12.0. The van der Waals surface area contributed by atoms with Gasteiger partial charge in [0, 0.05) is 13.1 Å². The van der Waals surface area contributed by atoms with E-state index >= 15 is 0 Å². The van der Waals surface area contributed by atoms with Gasteiger partial charge in [-0.15, -0.1) is 10.2 Å². The zero-order valence-electron chi connectivity index (χ0n) is 13.1. The molecule has 11 heteroatoms. The number of alkyl halides is 2. The highest BCUT2D eigenvalue weighted by Crippen LogP contribution is 2.18. The highest BCUT2D eigenvalue weighted by atomic mass is 19.3. The molecular formula is C14H16F2N8O. The van der Waals surface area contributed by atoms with Gasteiger partial charge in [0.25, 0.3) is 5.91 Å². The molecule has 0 saturated heterocycles. The Labute approximate surface area is 141 Å². The zero-order chi connectivity index (χ0) is 18.2. The molecule has 2 aromatic rings. The molecule has 0 bridgehead atoms. The molecule has 1 atom stereocenters. The lowest BCUT2D eigenvalue weighted by Crippen LogP contribution is -2.36. The van der Waals surface area contributed by atoms with Gasteiger partial charge < -0.3 is 10.6 Å². The second-order valence-electron chi connectivity index (χ2n) is 4.81. The maximum atomic E-state index is 12.6. The Bertz CT molecular complexity index is 733. The first-order chi connectivity index (χ1) is 12.0. The lowest BCUT2D eigenvalue weighted by atomic mass is 10.1. The maximum Gasteiger partial charge on any atom is 0.350 e. The van der Waals surface area contributed by atoms with E-state index in [0.717, 1.165) is 5.56 Å². The molecule has 132 valence electrons. The van der Waals surface area contributed by atoms with Gasteiger partial charge in [0.15, 0.2) is 5.82 Å². The van der Waals surface area contributed by atoms with Crippen molar-refractivity contribution >= 4 is 18.5 Å². The van der Waals surface area contributed by atoms with E-state index in [-0.39, 0.29) is 23.7 Å². The molecule has 1 aromatic carbocycles. The van der Waals surface area contributed by atoms with Crippen LogP contribution in [0.3, 0.4) is 0 Å². The first-order valence-electron chi connectivity index (χ1n) is 7.22. The van der Waals surface area contributed by atoms with Gasteiger partial charge in [-0.05, 0) is 17.5 Å². The van der Waals surface area contributed by atoms with Crippen molar-refractivity contribution in [3.8, 4) is 0 Å². The van der Waals surface area contributed by atoms with Crippen LogP contribution in [0.1, 0.15) is 24.0 Å². The maximum absolute atomic E-state index is 12.6. The third-order valence-corrected chi connectivity index (χ3v) is 3.14. The van der Waals surface area contributed by atoms with Crippen molar-refractivity contribution in [3.63, 3.8) is 0 Å². The monoisotopic (exact) mass is 350 g/mol. The van der Waals surface area contributed by atoms with Gasteiger partial charge in [-0.2, -0.15) is 8.78 Å². The molecule has 1 amide bonds. The summed E-state index contributed by atoms with van der Waals surface area (Å²) in [5.74, 6) is -1.06. The highest BCUT2D eigenvalue weighted by molar-refractivity contribution is 6.37. The summed E-state index contributed by atoms with van der Waals surface area (Å²) >= 11 is 0. The first kappa shape index (κ1) is 18.3. The number of benzene rings is 1. The molecule has 2 rings (SSSR count). The summed E-state index contributed by atoms with van der Waals surface area (Å²) < 4.78 is 25.3. The lowest BCUT2D eigenvalue weighted by molar-refractivity contribution is -0.114. The van der Waals surface area contributed by atoms with Gasteiger partial charge in [-0.3, -0.25) is 10.2 Å². The van der Waals surface area contributed by atoms with Crippen molar-refractivity contribution in [3.05, 3.63) is 41.7 Å². The van der Waals surface area contributed by atoms with E-state index in [1.54, 1.807) is 24.3 Å². The summed E-state index contributed by atoms with van der Waals surface area (Å²) in [5, 5.41) is 23.4. The number of tetrazole rings is 1. The fourth-order valence-corrected chi connectivity index (χ4v) is 1.99. The quantitative estimate of drug-likeness (QED) is 0.382. The van der Waals surface area contributed by atoms with Crippen molar-refractivity contribution in [1.29, 1.82) is 5.41 Å². The van der Waals surface area contributed by atoms with Gasteiger partial charge in [-0.25, -0.2) is 4.99 Å². The lowest BCUT2D eigenvalue weighted by Gasteiger charge is -2.16. The van der Waals surface area contributed by atoms with Crippen molar-refractivity contribution in [2.45, 2.75) is 12.6 Å². The minimum absolute atomic E-state index is 0.0818. The Balaban J connectivity index is 2.04. The molecule has 1 aromatic heterocycles. The van der Waals surface area contributed by atoms with Gasteiger partial charge in [0.2, 0.25) is 5.84 Å². The number of amides is 1. The number of rotatable bonds is 7. The van der Waals surface area contributed by atoms with Crippen LogP contribution in [0.2, 0.25) is 0 Å². The number of carbonyl (C=O) groups is 1. The number of aromatic nitrogens is 4. The van der Waals surface area contributed by atoms with Crippen molar-refractivity contribution in [1.82, 2.24) is 30.8 Å². The molecule has 0 fully saturated rings. The Morgan fingerprint density at radius 2 is 2.04 bits per heavy atom. The van der Waals surface area contributed by atoms with E-state index in [1.807, 2.05) is 6.07 Å². The Morgan fingerprint density at radius 1 is 1.32 bits per heavy atom. The number of aliphatic imine (C=N–C) groups is 1. The summed E-state index contributed by atoms with van der Waals surface area (Å²) in [5.41, 5.74) is 0.753. The summed E-state index contributed by atoms with van der Waals surface area (Å²) in [6.45, 7) is 0.676. The molecule has 0 radical (unpaired) electrons. The smallest absolute Gasteiger partial charge is 0.348 e. The molecule has 0 aliphatic carbocycles. The number of nitrogens with one attached hydrogen (secondary N) is 3. The Hall–Kier alpha value is -3.08. The second kappa shape index (κ2) is 8.68. The Morgan fingerprint density at radius 3 is 2.64 bits per heavy atom. The van der Waals surface area contributed by atoms with Gasteiger partial charge in [0.05, 0.1) is 6.04 Å². The third kappa shape index (κ3) is 4.94. The molecular weight excluding hydrogens is 334 g/mol. The molecule has 1 heterocycles. The SMILES string of the molecule is C=NC(=N)C(=O)NCCNC(c1ccccc1)c1nnn(C(F)F)n1. The number of halogens is 2. The average Bonchev–Trinajstić information content (AvgIpc) is 3.11. The largest absolute Gasteiger partial charge is 0.350 e. The number of hydrogen-bond acceptors (Lipinski definition) is 6. The molecule has 0 aliphatic rings. The minimum atomic E-state index is -2.88. The Kier molecular flexibility index (Phi) is 6.34. The van der Waals surface area contributed by atoms with E-state index in [1.165, 1.54) is 0 Å². The van der Waals surface area contributed by atoms with Crippen LogP contribution in [0.25, 0.3) is 0 Å². The van der Waals surface area contributed by atoms with Crippen LogP contribution in [0.5, 0.6) is 0 Å². The van der Waals surface area contributed by atoms with Gasteiger partial charge in [0.1, 0.15) is 0 Å². The number of amidine groups is 1. The minimum Gasteiger partial charge on any atom is -0.348 e. The van der Waals surface area contributed by atoms with Crippen molar-refractivity contribution < 1.29 is 13.6 Å². The summed E-state index contributed by atoms with van der Waals surface area (Å²) in [6, 6.07) is 8.40. The molecule has 9 nitrogen and oxygen atoms in total. The molecule has 1 unspecified atom stereocenters. The van der Waals surface area contributed by atoms with Crippen LogP contribution < -0.4 is 10.6 Å². The molecule has 3 N–H and O–H groups in total. The van der Waals surface area contributed by atoms with E-state index in [9.17, 15) is 13.6 Å². The van der Waals surface area contributed by atoms with Crippen LogP contribution in [0.15, 0.2) is 35.3 Å².